The maximum absolute atomic E-state index is 11.7. The van der Waals surface area contributed by atoms with Gasteiger partial charge in [-0.05, 0) is 25.0 Å². The SMILES string of the molecule is C=C1CCN(OC(=O)c2ccccc2)CC1. The molecule has 1 aromatic carbocycles. The summed E-state index contributed by atoms with van der Waals surface area (Å²) in [5.74, 6) is -0.284. The van der Waals surface area contributed by atoms with E-state index in [2.05, 4.69) is 6.58 Å². The Morgan fingerprint density at radius 1 is 1.19 bits per heavy atom. The zero-order valence-corrected chi connectivity index (χ0v) is 9.19. The van der Waals surface area contributed by atoms with Gasteiger partial charge >= 0.3 is 5.97 Å². The average Bonchev–Trinajstić information content (AvgIpc) is 2.33. The molecule has 1 aliphatic heterocycles. The summed E-state index contributed by atoms with van der Waals surface area (Å²) in [6.45, 7) is 5.41. The maximum atomic E-state index is 11.7. The van der Waals surface area contributed by atoms with Gasteiger partial charge in [0.1, 0.15) is 0 Å². The van der Waals surface area contributed by atoms with E-state index >= 15 is 0 Å². The molecule has 1 aliphatic rings. The summed E-state index contributed by atoms with van der Waals surface area (Å²) >= 11 is 0. The molecule has 0 N–H and O–H groups in total. The van der Waals surface area contributed by atoms with Crippen molar-refractivity contribution in [2.45, 2.75) is 12.8 Å². The van der Waals surface area contributed by atoms with Crippen molar-refractivity contribution in [2.24, 2.45) is 0 Å². The first-order valence-electron chi connectivity index (χ1n) is 5.44. The van der Waals surface area contributed by atoms with Gasteiger partial charge < -0.3 is 4.84 Å². The summed E-state index contributed by atoms with van der Waals surface area (Å²) in [6, 6.07) is 9.04. The fourth-order valence-corrected chi connectivity index (χ4v) is 1.64. The van der Waals surface area contributed by atoms with E-state index in [9.17, 15) is 4.79 Å². The first-order chi connectivity index (χ1) is 7.75. The van der Waals surface area contributed by atoms with Crippen LogP contribution in [0.15, 0.2) is 42.5 Å². The van der Waals surface area contributed by atoms with E-state index in [0.29, 0.717) is 5.56 Å². The summed E-state index contributed by atoms with van der Waals surface area (Å²) in [7, 11) is 0. The molecule has 1 fully saturated rings. The Bertz CT molecular complexity index is 376. The van der Waals surface area contributed by atoms with Crippen LogP contribution in [-0.2, 0) is 4.84 Å². The van der Waals surface area contributed by atoms with Gasteiger partial charge in [-0.2, -0.15) is 0 Å². The molecule has 84 valence electrons. The van der Waals surface area contributed by atoms with Crippen molar-refractivity contribution >= 4 is 5.97 Å². The Morgan fingerprint density at radius 2 is 1.81 bits per heavy atom. The van der Waals surface area contributed by atoms with Gasteiger partial charge in [0, 0.05) is 13.1 Å². The van der Waals surface area contributed by atoms with Crippen molar-refractivity contribution in [3.05, 3.63) is 48.0 Å². The van der Waals surface area contributed by atoms with Crippen molar-refractivity contribution in [1.82, 2.24) is 5.06 Å². The number of hydrogen-bond donors (Lipinski definition) is 0. The van der Waals surface area contributed by atoms with Crippen LogP contribution in [0.2, 0.25) is 0 Å². The molecule has 16 heavy (non-hydrogen) atoms. The third-order valence-corrected chi connectivity index (χ3v) is 2.65. The highest BCUT2D eigenvalue weighted by atomic mass is 16.7. The van der Waals surface area contributed by atoms with Gasteiger partial charge in [-0.25, -0.2) is 4.79 Å². The summed E-state index contributed by atoms with van der Waals surface area (Å²) in [4.78, 5) is 17.0. The van der Waals surface area contributed by atoms with Crippen LogP contribution in [0.25, 0.3) is 0 Å². The van der Waals surface area contributed by atoms with Crippen LogP contribution in [0, 0.1) is 0 Å². The van der Waals surface area contributed by atoms with E-state index in [0.717, 1.165) is 25.9 Å². The Morgan fingerprint density at radius 3 is 2.44 bits per heavy atom. The Hall–Kier alpha value is -1.61. The Balaban J connectivity index is 1.91. The molecule has 3 heteroatoms. The molecule has 2 rings (SSSR count). The number of carbonyl (C=O) groups excluding carboxylic acids is 1. The molecule has 0 radical (unpaired) electrons. The lowest BCUT2D eigenvalue weighted by molar-refractivity contribution is -0.114. The molecule has 0 spiro atoms. The van der Waals surface area contributed by atoms with E-state index in [4.69, 9.17) is 4.84 Å². The summed E-state index contributed by atoms with van der Waals surface area (Å²) in [6.07, 6.45) is 1.81. The van der Waals surface area contributed by atoms with Crippen LogP contribution in [0.5, 0.6) is 0 Å². The largest absolute Gasteiger partial charge is 0.364 e. The van der Waals surface area contributed by atoms with Gasteiger partial charge in [0.25, 0.3) is 0 Å². The van der Waals surface area contributed by atoms with Crippen molar-refractivity contribution in [3.8, 4) is 0 Å². The lowest BCUT2D eigenvalue weighted by Crippen LogP contribution is -2.33. The standard InChI is InChI=1S/C13H15NO2/c1-11-7-9-14(10-8-11)16-13(15)12-5-3-2-4-6-12/h2-6H,1,7-10H2. The first-order valence-corrected chi connectivity index (χ1v) is 5.44. The zero-order valence-electron chi connectivity index (χ0n) is 9.19. The quantitative estimate of drug-likeness (QED) is 0.712. The summed E-state index contributed by atoms with van der Waals surface area (Å²) < 4.78 is 0. The van der Waals surface area contributed by atoms with Crippen molar-refractivity contribution in [1.29, 1.82) is 0 Å². The molecule has 0 aromatic heterocycles. The lowest BCUT2D eigenvalue weighted by atomic mass is 10.1. The van der Waals surface area contributed by atoms with Gasteiger partial charge in [0.2, 0.25) is 0 Å². The molecule has 0 aliphatic carbocycles. The molecule has 1 aromatic rings. The smallest absolute Gasteiger partial charge is 0.357 e. The monoisotopic (exact) mass is 217 g/mol. The van der Waals surface area contributed by atoms with Crippen LogP contribution < -0.4 is 0 Å². The van der Waals surface area contributed by atoms with Crippen molar-refractivity contribution in [3.63, 3.8) is 0 Å². The molecule has 0 unspecified atom stereocenters. The highest BCUT2D eigenvalue weighted by Crippen LogP contribution is 2.15. The maximum Gasteiger partial charge on any atom is 0.357 e. The van der Waals surface area contributed by atoms with E-state index in [1.54, 1.807) is 17.2 Å². The number of benzene rings is 1. The lowest BCUT2D eigenvalue weighted by Gasteiger charge is -2.26. The van der Waals surface area contributed by atoms with Crippen LogP contribution in [0.4, 0.5) is 0 Å². The summed E-state index contributed by atoms with van der Waals surface area (Å²) in [5, 5.41) is 1.71. The van der Waals surface area contributed by atoms with Gasteiger partial charge in [-0.3, -0.25) is 0 Å². The van der Waals surface area contributed by atoms with Crippen molar-refractivity contribution in [2.75, 3.05) is 13.1 Å². The highest BCUT2D eigenvalue weighted by Gasteiger charge is 2.17. The second kappa shape index (κ2) is 4.94. The van der Waals surface area contributed by atoms with Crippen LogP contribution in [0.3, 0.4) is 0 Å². The predicted octanol–water partition coefficient (Wildman–Crippen LogP) is 2.41. The highest BCUT2D eigenvalue weighted by molar-refractivity contribution is 5.89. The summed E-state index contributed by atoms with van der Waals surface area (Å²) in [5.41, 5.74) is 1.82. The molecule has 0 amide bonds. The Labute approximate surface area is 95.3 Å². The molecular weight excluding hydrogens is 202 g/mol. The second-order valence-electron chi connectivity index (χ2n) is 3.92. The number of hydrogen-bond acceptors (Lipinski definition) is 3. The van der Waals surface area contributed by atoms with E-state index < -0.39 is 0 Å². The van der Waals surface area contributed by atoms with Crippen molar-refractivity contribution < 1.29 is 9.63 Å². The second-order valence-corrected chi connectivity index (χ2v) is 3.92. The molecular formula is C13H15NO2. The third-order valence-electron chi connectivity index (χ3n) is 2.65. The molecule has 1 saturated heterocycles. The third kappa shape index (κ3) is 2.70. The number of hydroxylamine groups is 2. The number of nitrogens with zero attached hydrogens (tertiary/aromatic N) is 1. The minimum absolute atomic E-state index is 0.284. The van der Waals surface area contributed by atoms with Gasteiger partial charge in [-0.15, -0.1) is 5.06 Å². The van der Waals surface area contributed by atoms with E-state index in [1.165, 1.54) is 5.57 Å². The van der Waals surface area contributed by atoms with Crippen LogP contribution in [0.1, 0.15) is 23.2 Å². The average molecular weight is 217 g/mol. The molecule has 3 nitrogen and oxygen atoms in total. The van der Waals surface area contributed by atoms with Gasteiger partial charge in [0.05, 0.1) is 5.56 Å². The van der Waals surface area contributed by atoms with Gasteiger partial charge in [0.15, 0.2) is 0 Å². The minimum Gasteiger partial charge on any atom is -0.364 e. The normalized spacial score (nSPS) is 17.1. The number of rotatable bonds is 2. The number of piperidine rings is 1. The molecule has 0 bridgehead atoms. The molecule has 1 heterocycles. The minimum atomic E-state index is -0.284. The first kappa shape index (κ1) is 10.9. The zero-order chi connectivity index (χ0) is 11.4. The fraction of sp³-hybridized carbons (Fsp3) is 0.308. The molecule has 0 saturated carbocycles. The Kier molecular flexibility index (Phi) is 3.37. The van der Waals surface area contributed by atoms with E-state index in [-0.39, 0.29) is 5.97 Å². The topological polar surface area (TPSA) is 29.5 Å². The molecule has 0 atom stereocenters. The van der Waals surface area contributed by atoms with Crippen LogP contribution in [-0.4, -0.2) is 24.1 Å². The van der Waals surface area contributed by atoms with Crippen LogP contribution >= 0.6 is 0 Å². The van der Waals surface area contributed by atoms with E-state index in [1.807, 2.05) is 18.2 Å². The predicted molar refractivity (Wildman–Crippen MR) is 61.8 cm³/mol. The van der Waals surface area contributed by atoms with Gasteiger partial charge in [-0.1, -0.05) is 30.4 Å². The number of carbonyl (C=O) groups is 1. The fourth-order valence-electron chi connectivity index (χ4n) is 1.64.